The fraction of sp³-hybridized carbons (Fsp3) is 0.318. The van der Waals surface area contributed by atoms with Gasteiger partial charge in [-0.25, -0.2) is 4.39 Å². The lowest BCUT2D eigenvalue weighted by Crippen LogP contribution is -2.28. The van der Waals surface area contributed by atoms with E-state index in [2.05, 4.69) is 10.2 Å². The zero-order valence-electron chi connectivity index (χ0n) is 17.9. The van der Waals surface area contributed by atoms with Crippen LogP contribution in [0.5, 0.6) is 0 Å². The first-order valence-electron chi connectivity index (χ1n) is 9.75. The lowest BCUT2D eigenvalue weighted by atomic mass is 10.2. The normalized spacial score (nSPS) is 12.2. The number of rotatable bonds is 8. The molecule has 0 saturated heterocycles. The molecular formula is C22H25ClFN5OS. The Bertz CT molecular complexity index is 1020. The Hall–Kier alpha value is -2.42. The predicted molar refractivity (Wildman–Crippen MR) is 122 cm³/mol. The van der Waals surface area contributed by atoms with Gasteiger partial charge in [0.2, 0.25) is 5.91 Å². The van der Waals surface area contributed by atoms with E-state index in [4.69, 9.17) is 11.6 Å². The summed E-state index contributed by atoms with van der Waals surface area (Å²) in [5, 5.41) is 10.0. The molecule has 31 heavy (non-hydrogen) atoms. The van der Waals surface area contributed by atoms with Crippen LogP contribution < -0.4 is 0 Å². The van der Waals surface area contributed by atoms with E-state index in [0.29, 0.717) is 16.7 Å². The molecule has 1 amide bonds. The molecule has 1 aromatic heterocycles. The van der Waals surface area contributed by atoms with Gasteiger partial charge in [-0.2, -0.15) is 0 Å². The highest BCUT2D eigenvalue weighted by Gasteiger charge is 2.22. The van der Waals surface area contributed by atoms with E-state index in [1.807, 2.05) is 54.8 Å². The Morgan fingerprint density at radius 2 is 1.74 bits per heavy atom. The first-order valence-corrected chi connectivity index (χ1v) is 11.1. The summed E-state index contributed by atoms with van der Waals surface area (Å²) < 4.78 is 15.0. The van der Waals surface area contributed by atoms with Crippen molar-refractivity contribution in [1.82, 2.24) is 24.6 Å². The Balaban J connectivity index is 1.76. The Labute approximate surface area is 191 Å². The quantitative estimate of drug-likeness (QED) is 0.464. The Morgan fingerprint density at radius 1 is 1.10 bits per heavy atom. The van der Waals surface area contributed by atoms with Crippen molar-refractivity contribution in [2.45, 2.75) is 24.7 Å². The molecule has 1 atom stereocenters. The first kappa shape index (κ1) is 23.2. The maximum absolute atomic E-state index is 13.1. The molecule has 3 rings (SSSR count). The van der Waals surface area contributed by atoms with Gasteiger partial charge in [0.05, 0.1) is 11.8 Å². The molecule has 0 unspecified atom stereocenters. The predicted octanol–water partition coefficient (Wildman–Crippen LogP) is 4.43. The maximum Gasteiger partial charge on any atom is 0.233 e. The van der Waals surface area contributed by atoms with Crippen LogP contribution >= 0.6 is 23.4 Å². The van der Waals surface area contributed by atoms with Crippen LogP contribution in [0.1, 0.15) is 24.4 Å². The second-order valence-electron chi connectivity index (χ2n) is 7.46. The number of aromatic nitrogens is 3. The third-order valence-electron chi connectivity index (χ3n) is 4.97. The zero-order valence-corrected chi connectivity index (χ0v) is 19.5. The van der Waals surface area contributed by atoms with Crippen molar-refractivity contribution >= 4 is 29.3 Å². The van der Waals surface area contributed by atoms with Gasteiger partial charge >= 0.3 is 0 Å². The highest BCUT2D eigenvalue weighted by molar-refractivity contribution is 7.99. The lowest BCUT2D eigenvalue weighted by Gasteiger charge is -2.21. The third-order valence-corrected chi connectivity index (χ3v) is 6.14. The van der Waals surface area contributed by atoms with Crippen LogP contribution in [0.25, 0.3) is 5.69 Å². The van der Waals surface area contributed by atoms with Crippen LogP contribution in [0.4, 0.5) is 4.39 Å². The van der Waals surface area contributed by atoms with Crippen molar-refractivity contribution in [3.8, 4) is 5.69 Å². The molecule has 3 aromatic rings. The molecule has 0 aliphatic heterocycles. The molecule has 0 bridgehead atoms. The summed E-state index contributed by atoms with van der Waals surface area (Å²) in [4.78, 5) is 16.3. The monoisotopic (exact) mass is 461 g/mol. The summed E-state index contributed by atoms with van der Waals surface area (Å²) >= 11 is 7.39. The minimum atomic E-state index is -0.294. The molecule has 2 aromatic carbocycles. The average molecular weight is 462 g/mol. The summed E-state index contributed by atoms with van der Waals surface area (Å²) in [5.74, 6) is 0.640. The van der Waals surface area contributed by atoms with Gasteiger partial charge in [0.25, 0.3) is 0 Å². The highest BCUT2D eigenvalue weighted by Crippen LogP contribution is 2.27. The minimum absolute atomic E-state index is 0.0226. The van der Waals surface area contributed by atoms with E-state index < -0.39 is 0 Å². The summed E-state index contributed by atoms with van der Waals surface area (Å²) in [6.07, 6.45) is 0. The van der Waals surface area contributed by atoms with Gasteiger partial charge in [0.1, 0.15) is 5.82 Å². The van der Waals surface area contributed by atoms with Crippen molar-refractivity contribution in [3.63, 3.8) is 0 Å². The molecule has 0 aliphatic carbocycles. The fourth-order valence-electron chi connectivity index (χ4n) is 2.90. The molecule has 0 N–H and O–H groups in total. The van der Waals surface area contributed by atoms with Crippen LogP contribution in [-0.2, 0) is 11.3 Å². The van der Waals surface area contributed by atoms with Gasteiger partial charge in [-0.05, 0) is 63.0 Å². The Morgan fingerprint density at radius 3 is 2.35 bits per heavy atom. The molecule has 9 heteroatoms. The van der Waals surface area contributed by atoms with E-state index in [1.165, 1.54) is 23.9 Å². The lowest BCUT2D eigenvalue weighted by molar-refractivity contribution is -0.127. The summed E-state index contributed by atoms with van der Waals surface area (Å²) in [5.41, 5.74) is 1.75. The van der Waals surface area contributed by atoms with Crippen molar-refractivity contribution in [2.75, 3.05) is 26.9 Å². The fourth-order valence-corrected chi connectivity index (χ4v) is 3.92. The first-order chi connectivity index (χ1) is 14.8. The number of hydrogen-bond acceptors (Lipinski definition) is 5. The molecule has 0 aliphatic rings. The molecule has 0 fully saturated rings. The summed E-state index contributed by atoms with van der Waals surface area (Å²) in [6.45, 7) is 2.46. The largest absolute Gasteiger partial charge is 0.341 e. The third kappa shape index (κ3) is 5.84. The van der Waals surface area contributed by atoms with E-state index in [1.54, 1.807) is 24.1 Å². The van der Waals surface area contributed by atoms with Crippen LogP contribution in [0.2, 0.25) is 5.02 Å². The highest BCUT2D eigenvalue weighted by atomic mass is 35.5. The number of hydrogen-bond donors (Lipinski definition) is 0. The molecule has 1 heterocycles. The zero-order chi connectivity index (χ0) is 22.5. The molecule has 0 radical (unpaired) electrons. The van der Waals surface area contributed by atoms with Crippen molar-refractivity contribution in [1.29, 1.82) is 0 Å². The van der Waals surface area contributed by atoms with Crippen molar-refractivity contribution < 1.29 is 9.18 Å². The van der Waals surface area contributed by atoms with Gasteiger partial charge in [-0.1, -0.05) is 35.5 Å². The molecule has 0 saturated carbocycles. The maximum atomic E-state index is 13.1. The number of halogens is 2. The van der Waals surface area contributed by atoms with E-state index in [0.717, 1.165) is 17.1 Å². The van der Waals surface area contributed by atoms with Gasteiger partial charge < -0.3 is 4.90 Å². The topological polar surface area (TPSA) is 54.3 Å². The van der Waals surface area contributed by atoms with Crippen LogP contribution in [0.15, 0.2) is 53.7 Å². The number of carbonyl (C=O) groups excluding carboxylic acids is 1. The minimum Gasteiger partial charge on any atom is -0.341 e. The number of thioether (sulfide) groups is 1. The van der Waals surface area contributed by atoms with E-state index in [9.17, 15) is 9.18 Å². The summed E-state index contributed by atoms with van der Waals surface area (Å²) in [7, 11) is 5.69. The number of nitrogens with zero attached hydrogens (tertiary/aromatic N) is 5. The van der Waals surface area contributed by atoms with Crippen molar-refractivity contribution in [2.24, 2.45) is 0 Å². The van der Waals surface area contributed by atoms with Crippen LogP contribution in [0.3, 0.4) is 0 Å². The number of benzene rings is 2. The van der Waals surface area contributed by atoms with Crippen LogP contribution in [0, 0.1) is 5.82 Å². The molecular weight excluding hydrogens is 437 g/mol. The Kier molecular flexibility index (Phi) is 7.69. The number of carbonyl (C=O) groups is 1. The van der Waals surface area contributed by atoms with E-state index in [-0.39, 0.29) is 23.5 Å². The van der Waals surface area contributed by atoms with Gasteiger partial charge in [-0.3, -0.25) is 14.3 Å². The SMILES string of the molecule is C[C@@H](c1nnc(SCC(=O)N(C)Cc2ccc(F)cc2)n1-c1ccc(Cl)cc1)N(C)C. The summed E-state index contributed by atoms with van der Waals surface area (Å²) in [6, 6.07) is 13.6. The van der Waals surface area contributed by atoms with Crippen LogP contribution in [-0.4, -0.2) is 57.4 Å². The van der Waals surface area contributed by atoms with Crippen molar-refractivity contribution in [3.05, 3.63) is 70.8 Å². The second-order valence-corrected chi connectivity index (χ2v) is 8.84. The van der Waals surface area contributed by atoms with Gasteiger partial charge in [-0.15, -0.1) is 10.2 Å². The second kappa shape index (κ2) is 10.3. The number of amides is 1. The van der Waals surface area contributed by atoms with Gasteiger partial charge in [0, 0.05) is 24.3 Å². The standard InChI is InChI=1S/C22H25ClFN5OS/c1-15(27(2)3)21-25-26-22(29(21)19-11-7-17(23)8-12-19)31-14-20(30)28(4)13-16-5-9-18(24)10-6-16/h5-12,15H,13-14H2,1-4H3/t15-/m0/s1. The molecule has 164 valence electrons. The van der Waals surface area contributed by atoms with E-state index >= 15 is 0 Å². The molecule has 0 spiro atoms. The van der Waals surface area contributed by atoms with Gasteiger partial charge in [0.15, 0.2) is 11.0 Å². The average Bonchev–Trinajstić information content (AvgIpc) is 3.17. The molecule has 6 nitrogen and oxygen atoms in total. The smallest absolute Gasteiger partial charge is 0.233 e.